The van der Waals surface area contributed by atoms with Crippen molar-refractivity contribution < 1.29 is 14.3 Å². The van der Waals surface area contributed by atoms with Crippen LogP contribution < -0.4 is 20.9 Å². The number of primary amides is 1. The summed E-state index contributed by atoms with van der Waals surface area (Å²) in [7, 11) is 3.23. The molecular formula is C19H20N4O3. The first kappa shape index (κ1) is 17.3. The number of anilines is 1. The molecule has 0 aliphatic carbocycles. The van der Waals surface area contributed by atoms with Crippen LogP contribution in [0.4, 0.5) is 10.6 Å². The van der Waals surface area contributed by atoms with Crippen LogP contribution in [0.3, 0.4) is 0 Å². The molecule has 0 atom stereocenters. The van der Waals surface area contributed by atoms with Crippen molar-refractivity contribution in [3.8, 4) is 22.6 Å². The van der Waals surface area contributed by atoms with E-state index < -0.39 is 6.03 Å². The molecule has 0 spiro atoms. The lowest BCUT2D eigenvalue weighted by atomic mass is 10.0. The predicted octanol–water partition coefficient (Wildman–Crippen LogP) is 2.67. The van der Waals surface area contributed by atoms with E-state index in [4.69, 9.17) is 20.9 Å². The van der Waals surface area contributed by atoms with Crippen molar-refractivity contribution >= 4 is 11.8 Å². The minimum Gasteiger partial charge on any atom is -0.493 e. The van der Waals surface area contributed by atoms with Crippen molar-refractivity contribution in [1.82, 2.24) is 9.78 Å². The topological polar surface area (TPSA) is 105 Å². The molecule has 0 bridgehead atoms. The maximum absolute atomic E-state index is 11.2. The molecule has 0 aliphatic heterocycles. The number of ether oxygens (including phenoxy) is 2. The highest BCUT2D eigenvalue weighted by atomic mass is 16.5. The van der Waals surface area contributed by atoms with Crippen molar-refractivity contribution in [2.45, 2.75) is 6.42 Å². The van der Waals surface area contributed by atoms with Gasteiger partial charge < -0.3 is 20.9 Å². The Morgan fingerprint density at radius 3 is 2.27 bits per heavy atom. The summed E-state index contributed by atoms with van der Waals surface area (Å²) in [6, 6.07) is 13.0. The average molecular weight is 352 g/mol. The zero-order valence-electron chi connectivity index (χ0n) is 14.6. The number of rotatable bonds is 5. The number of hydrogen-bond acceptors (Lipinski definition) is 5. The van der Waals surface area contributed by atoms with E-state index in [0.717, 1.165) is 27.8 Å². The summed E-state index contributed by atoms with van der Waals surface area (Å²) in [5.41, 5.74) is 14.9. The summed E-state index contributed by atoms with van der Waals surface area (Å²) in [6.07, 6.45) is 2.28. The molecule has 1 heterocycles. The van der Waals surface area contributed by atoms with Crippen LogP contribution in [-0.2, 0) is 6.42 Å². The van der Waals surface area contributed by atoms with Crippen molar-refractivity contribution in [3.05, 3.63) is 59.8 Å². The van der Waals surface area contributed by atoms with Gasteiger partial charge in [-0.1, -0.05) is 30.3 Å². The van der Waals surface area contributed by atoms with Crippen molar-refractivity contribution in [1.29, 1.82) is 0 Å². The molecule has 3 aromatic rings. The molecular weight excluding hydrogens is 332 g/mol. The van der Waals surface area contributed by atoms with Gasteiger partial charge in [-0.05, 0) is 35.2 Å². The summed E-state index contributed by atoms with van der Waals surface area (Å²) in [4.78, 5) is 11.2. The average Bonchev–Trinajstić information content (AvgIpc) is 3.04. The molecule has 2 aromatic carbocycles. The quantitative estimate of drug-likeness (QED) is 0.734. The third kappa shape index (κ3) is 3.32. The van der Waals surface area contributed by atoms with E-state index in [1.165, 1.54) is 6.20 Å². The maximum Gasteiger partial charge on any atom is 0.341 e. The molecule has 0 radical (unpaired) electrons. The number of nitrogens with zero attached hydrogens (tertiary/aromatic N) is 2. The minimum absolute atomic E-state index is 0.227. The van der Waals surface area contributed by atoms with E-state index in [1.54, 1.807) is 14.2 Å². The maximum atomic E-state index is 11.2. The fraction of sp³-hybridized carbons (Fsp3) is 0.158. The Bertz CT molecular complexity index is 932. The minimum atomic E-state index is -0.709. The van der Waals surface area contributed by atoms with Crippen LogP contribution in [0.25, 0.3) is 11.1 Å². The lowest BCUT2D eigenvalue weighted by molar-refractivity contribution is 0.248. The van der Waals surface area contributed by atoms with Crippen LogP contribution in [0.2, 0.25) is 0 Å². The number of amides is 1. The first-order chi connectivity index (χ1) is 12.5. The number of carbonyl (C=O) groups is 1. The fourth-order valence-electron chi connectivity index (χ4n) is 2.78. The third-order valence-corrected chi connectivity index (χ3v) is 4.14. The van der Waals surface area contributed by atoms with E-state index in [9.17, 15) is 4.79 Å². The second-order valence-corrected chi connectivity index (χ2v) is 5.76. The van der Waals surface area contributed by atoms with E-state index >= 15 is 0 Å². The molecule has 26 heavy (non-hydrogen) atoms. The number of carbonyl (C=O) groups excluding carboxylic acids is 1. The zero-order chi connectivity index (χ0) is 18.7. The second-order valence-electron chi connectivity index (χ2n) is 5.76. The molecule has 7 nitrogen and oxygen atoms in total. The highest BCUT2D eigenvalue weighted by Crippen LogP contribution is 2.29. The molecule has 3 rings (SSSR count). The van der Waals surface area contributed by atoms with Crippen LogP contribution in [-0.4, -0.2) is 30.0 Å². The summed E-state index contributed by atoms with van der Waals surface area (Å²) in [5.74, 6) is 1.63. The molecule has 134 valence electrons. The number of nitrogens with two attached hydrogens (primary N) is 2. The number of benzene rings is 2. The number of hydrogen-bond donors (Lipinski definition) is 2. The SMILES string of the molecule is COc1ccc(Cc2ccc(-c3cnn(C(N)=O)c3N)cc2)cc1OC. The molecule has 1 amide bonds. The number of aromatic nitrogens is 2. The smallest absolute Gasteiger partial charge is 0.341 e. The summed E-state index contributed by atoms with van der Waals surface area (Å²) in [5, 5.41) is 3.91. The molecule has 0 aliphatic rings. The molecule has 1 aromatic heterocycles. The fourth-order valence-corrected chi connectivity index (χ4v) is 2.78. The number of nitrogen functional groups attached to an aromatic ring is 1. The largest absolute Gasteiger partial charge is 0.493 e. The highest BCUT2D eigenvalue weighted by Gasteiger charge is 2.12. The Kier molecular flexibility index (Phi) is 4.79. The second kappa shape index (κ2) is 7.18. The van der Waals surface area contributed by atoms with E-state index in [-0.39, 0.29) is 5.82 Å². The normalized spacial score (nSPS) is 10.5. The first-order valence-corrected chi connectivity index (χ1v) is 7.97. The van der Waals surface area contributed by atoms with E-state index in [0.29, 0.717) is 17.1 Å². The van der Waals surface area contributed by atoms with Crippen LogP contribution in [0.5, 0.6) is 11.5 Å². The number of methoxy groups -OCH3 is 2. The monoisotopic (exact) mass is 352 g/mol. The van der Waals surface area contributed by atoms with Gasteiger partial charge in [-0.15, -0.1) is 0 Å². The Balaban J connectivity index is 1.81. The summed E-state index contributed by atoms with van der Waals surface area (Å²) >= 11 is 0. The van der Waals surface area contributed by atoms with Crippen LogP contribution in [0.15, 0.2) is 48.7 Å². The summed E-state index contributed by atoms with van der Waals surface area (Å²) in [6.45, 7) is 0. The Hall–Kier alpha value is -3.48. The molecule has 4 N–H and O–H groups in total. The van der Waals surface area contributed by atoms with Crippen molar-refractivity contribution in [3.63, 3.8) is 0 Å². The lowest BCUT2D eigenvalue weighted by Gasteiger charge is -2.10. The Morgan fingerprint density at radius 1 is 1.04 bits per heavy atom. The van der Waals surface area contributed by atoms with Gasteiger partial charge in [0.05, 0.1) is 20.4 Å². The highest BCUT2D eigenvalue weighted by molar-refractivity contribution is 5.83. The molecule has 0 fully saturated rings. The third-order valence-electron chi connectivity index (χ3n) is 4.14. The van der Waals surface area contributed by atoms with Gasteiger partial charge in [0.25, 0.3) is 0 Å². The van der Waals surface area contributed by atoms with Gasteiger partial charge in [-0.2, -0.15) is 9.78 Å². The van der Waals surface area contributed by atoms with Gasteiger partial charge in [0.2, 0.25) is 0 Å². The van der Waals surface area contributed by atoms with Gasteiger partial charge >= 0.3 is 6.03 Å². The van der Waals surface area contributed by atoms with Gasteiger partial charge in [0, 0.05) is 5.56 Å². The Labute approximate surface area is 151 Å². The van der Waals surface area contributed by atoms with E-state index in [1.807, 2.05) is 42.5 Å². The molecule has 7 heteroatoms. The summed E-state index contributed by atoms with van der Waals surface area (Å²) < 4.78 is 11.6. The first-order valence-electron chi connectivity index (χ1n) is 7.97. The molecule has 0 saturated heterocycles. The van der Waals surface area contributed by atoms with Gasteiger partial charge in [-0.3, -0.25) is 0 Å². The predicted molar refractivity (Wildman–Crippen MR) is 99.4 cm³/mol. The van der Waals surface area contributed by atoms with Crippen molar-refractivity contribution in [2.75, 3.05) is 20.0 Å². The van der Waals surface area contributed by atoms with Crippen molar-refractivity contribution in [2.24, 2.45) is 5.73 Å². The molecule has 0 saturated carbocycles. The standard InChI is InChI=1S/C19H20N4O3/c1-25-16-8-5-13(10-17(16)26-2)9-12-3-6-14(7-4-12)15-11-22-23(18(15)20)19(21)24/h3-8,10-11H,9,20H2,1-2H3,(H2,21,24). The van der Waals surface area contributed by atoms with Gasteiger partial charge in [0.1, 0.15) is 5.82 Å². The van der Waals surface area contributed by atoms with Crippen LogP contribution in [0, 0.1) is 0 Å². The lowest BCUT2D eigenvalue weighted by Crippen LogP contribution is -2.22. The van der Waals surface area contributed by atoms with Crippen LogP contribution >= 0.6 is 0 Å². The van der Waals surface area contributed by atoms with Gasteiger partial charge in [0.15, 0.2) is 11.5 Å². The van der Waals surface area contributed by atoms with Gasteiger partial charge in [-0.25, -0.2) is 4.79 Å². The zero-order valence-corrected chi connectivity index (χ0v) is 14.6. The van der Waals surface area contributed by atoms with E-state index in [2.05, 4.69) is 5.10 Å². The molecule has 0 unspecified atom stereocenters. The Morgan fingerprint density at radius 2 is 1.69 bits per heavy atom. The van der Waals surface area contributed by atoms with Crippen LogP contribution in [0.1, 0.15) is 11.1 Å².